The van der Waals surface area contributed by atoms with Crippen molar-refractivity contribution in [2.24, 2.45) is 0 Å². The number of aromatic nitrogens is 2. The van der Waals surface area contributed by atoms with E-state index in [4.69, 9.17) is 16.7 Å². The first kappa shape index (κ1) is 9.73. The molecule has 1 heterocycles. The molecule has 15 heavy (non-hydrogen) atoms. The minimum atomic E-state index is -1.10. The SMILES string of the molecule is O=C(O)c1c(Cl)ncn1-c1ccccc1. The number of halogens is 1. The van der Waals surface area contributed by atoms with Gasteiger partial charge in [0.25, 0.3) is 0 Å². The average molecular weight is 223 g/mol. The molecular weight excluding hydrogens is 216 g/mol. The Kier molecular flexibility index (Phi) is 2.43. The molecule has 0 spiro atoms. The van der Waals surface area contributed by atoms with E-state index in [-0.39, 0.29) is 10.8 Å². The van der Waals surface area contributed by atoms with Crippen LogP contribution in [0.2, 0.25) is 5.15 Å². The number of rotatable bonds is 2. The van der Waals surface area contributed by atoms with E-state index in [1.165, 1.54) is 10.9 Å². The number of carboxylic acid groups (broad SMARTS) is 1. The standard InChI is InChI=1S/C10H7ClN2O2/c11-9-8(10(14)15)13(6-12-9)7-4-2-1-3-5-7/h1-6H,(H,14,15). The fourth-order valence-corrected chi connectivity index (χ4v) is 1.52. The summed E-state index contributed by atoms with van der Waals surface area (Å²) in [6, 6.07) is 9.04. The maximum Gasteiger partial charge on any atom is 0.356 e. The van der Waals surface area contributed by atoms with E-state index in [1.807, 2.05) is 18.2 Å². The van der Waals surface area contributed by atoms with Gasteiger partial charge in [0, 0.05) is 5.69 Å². The van der Waals surface area contributed by atoms with Crippen molar-refractivity contribution >= 4 is 17.6 Å². The third-order valence-corrected chi connectivity index (χ3v) is 2.24. The minimum absolute atomic E-state index is 0.00801. The van der Waals surface area contributed by atoms with Crippen LogP contribution in [-0.4, -0.2) is 20.6 Å². The summed E-state index contributed by atoms with van der Waals surface area (Å²) in [7, 11) is 0. The monoisotopic (exact) mass is 222 g/mol. The van der Waals surface area contributed by atoms with Crippen LogP contribution in [0.3, 0.4) is 0 Å². The van der Waals surface area contributed by atoms with Gasteiger partial charge in [-0.1, -0.05) is 29.8 Å². The maximum atomic E-state index is 10.9. The summed E-state index contributed by atoms with van der Waals surface area (Å²) in [5, 5.41) is 8.94. The Bertz CT molecular complexity index is 493. The molecule has 1 aromatic heterocycles. The van der Waals surface area contributed by atoms with Crippen molar-refractivity contribution in [2.75, 3.05) is 0 Å². The Balaban J connectivity index is 2.59. The highest BCUT2D eigenvalue weighted by Crippen LogP contribution is 2.18. The van der Waals surface area contributed by atoms with E-state index < -0.39 is 5.97 Å². The number of aromatic carboxylic acids is 1. The second-order valence-corrected chi connectivity index (χ2v) is 3.25. The summed E-state index contributed by atoms with van der Waals surface area (Å²) in [4.78, 5) is 14.7. The van der Waals surface area contributed by atoms with Crippen LogP contribution in [0.25, 0.3) is 5.69 Å². The lowest BCUT2D eigenvalue weighted by atomic mass is 10.3. The normalized spacial score (nSPS) is 10.2. The summed E-state index contributed by atoms with van der Waals surface area (Å²) in [5.74, 6) is -1.10. The molecule has 76 valence electrons. The summed E-state index contributed by atoms with van der Waals surface area (Å²) < 4.78 is 1.44. The van der Waals surface area contributed by atoms with Crippen molar-refractivity contribution in [3.05, 3.63) is 47.5 Å². The minimum Gasteiger partial charge on any atom is -0.476 e. The molecule has 0 bridgehead atoms. The lowest BCUT2D eigenvalue weighted by Crippen LogP contribution is -2.06. The van der Waals surface area contributed by atoms with E-state index in [1.54, 1.807) is 12.1 Å². The highest BCUT2D eigenvalue weighted by atomic mass is 35.5. The molecular formula is C10H7ClN2O2. The lowest BCUT2D eigenvalue weighted by molar-refractivity contribution is 0.0688. The predicted molar refractivity (Wildman–Crippen MR) is 55.5 cm³/mol. The maximum absolute atomic E-state index is 10.9. The van der Waals surface area contributed by atoms with Crippen LogP contribution in [0.4, 0.5) is 0 Å². The number of hydrogen-bond acceptors (Lipinski definition) is 2. The van der Waals surface area contributed by atoms with Crippen molar-refractivity contribution in [3.63, 3.8) is 0 Å². The van der Waals surface area contributed by atoms with Crippen LogP contribution in [0.15, 0.2) is 36.7 Å². The summed E-state index contributed by atoms with van der Waals surface area (Å²) in [6.45, 7) is 0. The van der Waals surface area contributed by atoms with Crippen molar-refractivity contribution in [3.8, 4) is 5.69 Å². The molecule has 0 saturated heterocycles. The molecule has 0 atom stereocenters. The summed E-state index contributed by atoms with van der Waals surface area (Å²) in [6.07, 6.45) is 1.39. The topological polar surface area (TPSA) is 55.1 Å². The van der Waals surface area contributed by atoms with E-state index >= 15 is 0 Å². The lowest BCUT2D eigenvalue weighted by Gasteiger charge is -2.03. The summed E-state index contributed by atoms with van der Waals surface area (Å²) in [5.41, 5.74) is 0.692. The van der Waals surface area contributed by atoms with Gasteiger partial charge in [0.15, 0.2) is 10.8 Å². The van der Waals surface area contributed by atoms with Crippen LogP contribution >= 0.6 is 11.6 Å². The smallest absolute Gasteiger partial charge is 0.356 e. The zero-order chi connectivity index (χ0) is 10.8. The van der Waals surface area contributed by atoms with Crippen LogP contribution in [-0.2, 0) is 0 Å². The van der Waals surface area contributed by atoms with Gasteiger partial charge in [0.1, 0.15) is 6.33 Å². The van der Waals surface area contributed by atoms with Crippen molar-refractivity contribution in [2.45, 2.75) is 0 Å². The third kappa shape index (κ3) is 1.71. The highest BCUT2D eigenvalue weighted by Gasteiger charge is 2.16. The fraction of sp³-hybridized carbons (Fsp3) is 0. The zero-order valence-corrected chi connectivity index (χ0v) is 8.35. The van der Waals surface area contributed by atoms with E-state index in [0.29, 0.717) is 5.69 Å². The molecule has 2 rings (SSSR count). The van der Waals surface area contributed by atoms with Gasteiger partial charge in [0.05, 0.1) is 0 Å². The molecule has 0 aliphatic rings. The van der Waals surface area contributed by atoms with Gasteiger partial charge in [0.2, 0.25) is 0 Å². The largest absolute Gasteiger partial charge is 0.476 e. The Hall–Kier alpha value is -1.81. The van der Waals surface area contributed by atoms with Gasteiger partial charge in [-0.25, -0.2) is 9.78 Å². The van der Waals surface area contributed by atoms with Gasteiger partial charge in [-0.15, -0.1) is 0 Å². The van der Waals surface area contributed by atoms with Gasteiger partial charge < -0.3 is 5.11 Å². The Morgan fingerprint density at radius 2 is 2.00 bits per heavy atom. The van der Waals surface area contributed by atoms with Gasteiger partial charge in [-0.2, -0.15) is 0 Å². The van der Waals surface area contributed by atoms with E-state index in [2.05, 4.69) is 4.98 Å². The first-order valence-corrected chi connectivity index (χ1v) is 4.59. The average Bonchev–Trinajstić information content (AvgIpc) is 2.61. The molecule has 0 fully saturated rings. The van der Waals surface area contributed by atoms with Gasteiger partial charge in [-0.3, -0.25) is 4.57 Å². The third-order valence-electron chi connectivity index (χ3n) is 1.96. The van der Waals surface area contributed by atoms with Crippen molar-refractivity contribution in [1.82, 2.24) is 9.55 Å². The molecule has 2 aromatic rings. The van der Waals surface area contributed by atoms with Crippen LogP contribution < -0.4 is 0 Å². The molecule has 0 aliphatic carbocycles. The molecule has 0 aliphatic heterocycles. The van der Waals surface area contributed by atoms with Crippen LogP contribution in [0, 0.1) is 0 Å². The molecule has 5 heteroatoms. The molecule has 0 radical (unpaired) electrons. The molecule has 0 unspecified atom stereocenters. The number of carboxylic acids is 1. The molecule has 0 amide bonds. The van der Waals surface area contributed by atoms with E-state index in [0.717, 1.165) is 0 Å². The van der Waals surface area contributed by atoms with Gasteiger partial charge >= 0.3 is 5.97 Å². The number of para-hydroxylation sites is 1. The zero-order valence-electron chi connectivity index (χ0n) is 7.59. The molecule has 1 N–H and O–H groups in total. The number of nitrogens with zero attached hydrogens (tertiary/aromatic N) is 2. The first-order chi connectivity index (χ1) is 7.20. The highest BCUT2D eigenvalue weighted by molar-refractivity contribution is 6.32. The number of carbonyl (C=O) groups is 1. The molecule has 1 aromatic carbocycles. The van der Waals surface area contributed by atoms with E-state index in [9.17, 15) is 4.79 Å². The number of benzene rings is 1. The quantitative estimate of drug-likeness (QED) is 0.848. The van der Waals surface area contributed by atoms with Crippen molar-refractivity contribution < 1.29 is 9.90 Å². The number of imidazole rings is 1. The Morgan fingerprint density at radius 3 is 2.60 bits per heavy atom. The Labute approximate surface area is 90.8 Å². The first-order valence-electron chi connectivity index (χ1n) is 4.21. The number of hydrogen-bond donors (Lipinski definition) is 1. The summed E-state index contributed by atoms with van der Waals surface area (Å²) >= 11 is 5.68. The predicted octanol–water partition coefficient (Wildman–Crippen LogP) is 2.22. The van der Waals surface area contributed by atoms with Crippen LogP contribution in [0.1, 0.15) is 10.5 Å². The molecule has 4 nitrogen and oxygen atoms in total. The Morgan fingerprint density at radius 1 is 1.33 bits per heavy atom. The van der Waals surface area contributed by atoms with Gasteiger partial charge in [-0.05, 0) is 12.1 Å². The molecule has 0 saturated carbocycles. The second kappa shape index (κ2) is 3.74. The van der Waals surface area contributed by atoms with Crippen molar-refractivity contribution in [1.29, 1.82) is 0 Å². The second-order valence-electron chi connectivity index (χ2n) is 2.89. The van der Waals surface area contributed by atoms with Crippen LogP contribution in [0.5, 0.6) is 0 Å². The fourth-order valence-electron chi connectivity index (χ4n) is 1.30.